The molecule has 1 aliphatic rings. The van der Waals surface area contributed by atoms with E-state index in [1.165, 1.54) is 4.90 Å². The number of nitrogens with zero attached hydrogens (tertiary/aromatic N) is 1. The van der Waals surface area contributed by atoms with Crippen LogP contribution in [-0.2, 0) is 4.79 Å². The van der Waals surface area contributed by atoms with E-state index in [0.717, 1.165) is 18.4 Å². The molecule has 24 heavy (non-hydrogen) atoms. The van der Waals surface area contributed by atoms with Crippen LogP contribution in [0.5, 0.6) is 0 Å². The van der Waals surface area contributed by atoms with Crippen molar-refractivity contribution in [2.75, 3.05) is 13.1 Å². The topological polar surface area (TPSA) is 75.4 Å². The third-order valence-electron chi connectivity index (χ3n) is 4.21. The molecule has 1 heterocycles. The lowest BCUT2D eigenvalue weighted by Crippen LogP contribution is -2.47. The van der Waals surface area contributed by atoms with E-state index in [9.17, 15) is 9.59 Å². The highest BCUT2D eigenvalue weighted by Crippen LogP contribution is 2.25. The molecule has 2 atom stereocenters. The van der Waals surface area contributed by atoms with E-state index < -0.39 is 6.03 Å². The van der Waals surface area contributed by atoms with Gasteiger partial charge in [-0.3, -0.25) is 4.79 Å². The Morgan fingerprint density at radius 2 is 1.92 bits per heavy atom. The predicted octanol–water partition coefficient (Wildman–Crippen LogP) is 3.16. The van der Waals surface area contributed by atoms with Crippen molar-refractivity contribution in [1.29, 1.82) is 0 Å². The summed E-state index contributed by atoms with van der Waals surface area (Å²) in [5.74, 6) is -0.182. The number of hydrogen-bond donors (Lipinski definition) is 2. The molecule has 0 spiro atoms. The van der Waals surface area contributed by atoms with E-state index in [4.69, 9.17) is 5.73 Å². The standard InChI is InChI=1S/C18H27N3O2S/c1-12(2)24-16-8-6-14(7-9-16)13(3)20-17(22)15-5-4-10-21(11-15)18(19)23/h6-9,12-13,15H,4-5,10-11H2,1-3H3,(H2,19,23)(H,20,22). The summed E-state index contributed by atoms with van der Waals surface area (Å²) in [5.41, 5.74) is 6.41. The van der Waals surface area contributed by atoms with Gasteiger partial charge in [0.15, 0.2) is 0 Å². The maximum absolute atomic E-state index is 12.5. The Morgan fingerprint density at radius 3 is 2.50 bits per heavy atom. The number of thioether (sulfide) groups is 1. The fraction of sp³-hybridized carbons (Fsp3) is 0.556. The number of hydrogen-bond acceptors (Lipinski definition) is 3. The number of carbonyl (C=O) groups excluding carboxylic acids is 2. The Hall–Kier alpha value is -1.69. The van der Waals surface area contributed by atoms with Crippen molar-refractivity contribution in [3.05, 3.63) is 29.8 Å². The highest BCUT2D eigenvalue weighted by molar-refractivity contribution is 7.99. The molecule has 1 fully saturated rings. The van der Waals surface area contributed by atoms with Crippen molar-refractivity contribution in [2.45, 2.75) is 49.8 Å². The fourth-order valence-corrected chi connectivity index (χ4v) is 3.75. The van der Waals surface area contributed by atoms with Gasteiger partial charge in [-0.05, 0) is 37.5 Å². The normalized spacial score (nSPS) is 19.2. The molecular weight excluding hydrogens is 322 g/mol. The zero-order valence-corrected chi connectivity index (χ0v) is 15.4. The van der Waals surface area contributed by atoms with Crippen molar-refractivity contribution in [3.8, 4) is 0 Å². The maximum Gasteiger partial charge on any atom is 0.314 e. The monoisotopic (exact) mass is 349 g/mol. The van der Waals surface area contributed by atoms with Crippen LogP contribution in [0.25, 0.3) is 0 Å². The lowest BCUT2D eigenvalue weighted by atomic mass is 9.96. The zero-order chi connectivity index (χ0) is 17.7. The summed E-state index contributed by atoms with van der Waals surface area (Å²) in [6.07, 6.45) is 1.61. The van der Waals surface area contributed by atoms with Gasteiger partial charge in [-0.2, -0.15) is 0 Å². The number of benzene rings is 1. The molecule has 5 nitrogen and oxygen atoms in total. The van der Waals surface area contributed by atoms with Gasteiger partial charge in [0.1, 0.15) is 0 Å². The van der Waals surface area contributed by atoms with E-state index in [1.54, 1.807) is 4.90 Å². The Morgan fingerprint density at radius 1 is 1.25 bits per heavy atom. The van der Waals surface area contributed by atoms with Gasteiger partial charge < -0.3 is 16.0 Å². The first-order chi connectivity index (χ1) is 11.4. The third-order valence-corrected chi connectivity index (χ3v) is 5.23. The summed E-state index contributed by atoms with van der Waals surface area (Å²) < 4.78 is 0. The predicted molar refractivity (Wildman–Crippen MR) is 97.9 cm³/mol. The molecule has 1 saturated heterocycles. The number of nitrogens with two attached hydrogens (primary N) is 1. The van der Waals surface area contributed by atoms with Gasteiger partial charge in [0, 0.05) is 23.2 Å². The van der Waals surface area contributed by atoms with Crippen LogP contribution >= 0.6 is 11.8 Å². The second-order valence-electron chi connectivity index (χ2n) is 6.59. The van der Waals surface area contributed by atoms with E-state index in [1.807, 2.05) is 18.7 Å². The first kappa shape index (κ1) is 18.6. The molecule has 0 aromatic heterocycles. The number of urea groups is 1. The molecule has 3 N–H and O–H groups in total. The second-order valence-corrected chi connectivity index (χ2v) is 8.24. The number of rotatable bonds is 5. The lowest BCUT2D eigenvalue weighted by molar-refractivity contribution is -0.126. The number of nitrogens with one attached hydrogen (secondary N) is 1. The number of primary amides is 1. The molecule has 0 bridgehead atoms. The first-order valence-corrected chi connectivity index (χ1v) is 9.36. The largest absolute Gasteiger partial charge is 0.351 e. The van der Waals surface area contributed by atoms with Crippen LogP contribution in [-0.4, -0.2) is 35.2 Å². The van der Waals surface area contributed by atoms with Crippen molar-refractivity contribution in [3.63, 3.8) is 0 Å². The molecule has 6 heteroatoms. The molecule has 1 aromatic rings. The molecule has 1 aromatic carbocycles. The molecular formula is C18H27N3O2S. The zero-order valence-electron chi connectivity index (χ0n) is 14.6. The van der Waals surface area contributed by atoms with Crippen molar-refractivity contribution in [2.24, 2.45) is 11.7 Å². The summed E-state index contributed by atoms with van der Waals surface area (Å²) in [5, 5.41) is 3.61. The maximum atomic E-state index is 12.5. The molecule has 3 amide bonds. The fourth-order valence-electron chi connectivity index (χ4n) is 2.91. The smallest absolute Gasteiger partial charge is 0.314 e. The van der Waals surface area contributed by atoms with Crippen LogP contribution in [0.1, 0.15) is 45.2 Å². The molecule has 132 valence electrons. The highest BCUT2D eigenvalue weighted by Gasteiger charge is 2.28. The lowest BCUT2D eigenvalue weighted by Gasteiger charge is -2.31. The molecule has 1 aliphatic heterocycles. The van der Waals surface area contributed by atoms with Crippen molar-refractivity contribution < 1.29 is 9.59 Å². The van der Waals surface area contributed by atoms with Crippen LogP contribution < -0.4 is 11.1 Å². The second kappa shape index (κ2) is 8.42. The van der Waals surface area contributed by atoms with Gasteiger partial charge in [-0.25, -0.2) is 4.79 Å². The molecule has 0 radical (unpaired) electrons. The van der Waals surface area contributed by atoms with Gasteiger partial charge in [0.25, 0.3) is 0 Å². The number of carbonyl (C=O) groups is 2. The van der Waals surface area contributed by atoms with E-state index in [2.05, 4.69) is 43.4 Å². The molecule has 0 aliphatic carbocycles. The van der Waals surface area contributed by atoms with Crippen molar-refractivity contribution >= 4 is 23.7 Å². The average molecular weight is 350 g/mol. The molecule has 2 unspecified atom stereocenters. The Kier molecular flexibility index (Phi) is 6.54. The number of likely N-dealkylation sites (tertiary alicyclic amines) is 1. The quantitative estimate of drug-likeness (QED) is 0.802. The minimum atomic E-state index is -0.446. The van der Waals surface area contributed by atoms with Gasteiger partial charge in [-0.15, -0.1) is 11.8 Å². The van der Waals surface area contributed by atoms with E-state index in [0.29, 0.717) is 18.3 Å². The summed E-state index contributed by atoms with van der Waals surface area (Å²) in [6.45, 7) is 7.38. The van der Waals surface area contributed by atoms with Gasteiger partial charge in [0.2, 0.25) is 5.91 Å². The third kappa shape index (κ3) is 5.16. The van der Waals surface area contributed by atoms with E-state index in [-0.39, 0.29) is 17.9 Å². The Labute approximate surface area is 148 Å². The minimum Gasteiger partial charge on any atom is -0.351 e. The van der Waals surface area contributed by atoms with Crippen LogP contribution in [0.4, 0.5) is 4.79 Å². The Bertz CT molecular complexity index is 574. The minimum absolute atomic E-state index is 0.00548. The van der Waals surface area contributed by atoms with Gasteiger partial charge >= 0.3 is 6.03 Å². The van der Waals surface area contributed by atoms with Crippen molar-refractivity contribution in [1.82, 2.24) is 10.2 Å². The van der Waals surface area contributed by atoms with Crippen LogP contribution in [0.15, 0.2) is 29.2 Å². The van der Waals surface area contributed by atoms with Gasteiger partial charge in [-0.1, -0.05) is 26.0 Å². The van der Waals surface area contributed by atoms with E-state index >= 15 is 0 Å². The number of piperidine rings is 1. The first-order valence-electron chi connectivity index (χ1n) is 8.48. The summed E-state index contributed by atoms with van der Waals surface area (Å²) in [6, 6.07) is 7.81. The molecule has 0 saturated carbocycles. The average Bonchev–Trinajstić information content (AvgIpc) is 2.55. The highest BCUT2D eigenvalue weighted by atomic mass is 32.2. The summed E-state index contributed by atoms with van der Waals surface area (Å²) in [4.78, 5) is 26.5. The van der Waals surface area contributed by atoms with Crippen LogP contribution in [0, 0.1) is 5.92 Å². The van der Waals surface area contributed by atoms with Crippen LogP contribution in [0.2, 0.25) is 0 Å². The number of amides is 3. The van der Waals surface area contributed by atoms with Gasteiger partial charge in [0.05, 0.1) is 12.0 Å². The SMILES string of the molecule is CC(C)Sc1ccc(C(C)NC(=O)C2CCCN(C(N)=O)C2)cc1. The molecule has 2 rings (SSSR count). The summed E-state index contributed by atoms with van der Waals surface area (Å²) >= 11 is 1.82. The Balaban J connectivity index is 1.92. The summed E-state index contributed by atoms with van der Waals surface area (Å²) in [7, 11) is 0. The van der Waals surface area contributed by atoms with Crippen LogP contribution in [0.3, 0.4) is 0 Å².